The van der Waals surface area contributed by atoms with E-state index in [4.69, 9.17) is 19.3 Å². The number of benzene rings is 1. The zero-order valence-electron chi connectivity index (χ0n) is 16.7. The van der Waals surface area contributed by atoms with Crippen molar-refractivity contribution in [2.75, 3.05) is 47.1 Å². The van der Waals surface area contributed by atoms with Crippen molar-refractivity contribution in [3.05, 3.63) is 46.2 Å². The first kappa shape index (κ1) is 19.9. The summed E-state index contributed by atoms with van der Waals surface area (Å²) in [6.07, 6.45) is 0.651. The predicted octanol–water partition coefficient (Wildman–Crippen LogP) is 2.78. The SMILES string of the molecule is COc1ccc([C@H]2CC(c3cccs3)=NN2C(=O)CN2CCOCC2)c(OC)c1. The van der Waals surface area contributed by atoms with Crippen LogP contribution in [0.4, 0.5) is 0 Å². The van der Waals surface area contributed by atoms with Crippen molar-refractivity contribution >= 4 is 23.0 Å². The minimum absolute atomic E-state index is 0.0127. The van der Waals surface area contributed by atoms with Gasteiger partial charge in [0.1, 0.15) is 11.5 Å². The Morgan fingerprint density at radius 2 is 2.07 bits per heavy atom. The molecule has 1 aromatic carbocycles. The Bertz CT molecular complexity index is 878. The van der Waals surface area contributed by atoms with E-state index < -0.39 is 0 Å². The van der Waals surface area contributed by atoms with E-state index in [9.17, 15) is 4.79 Å². The van der Waals surface area contributed by atoms with Crippen LogP contribution in [0.25, 0.3) is 0 Å². The van der Waals surface area contributed by atoms with Gasteiger partial charge in [-0.1, -0.05) is 6.07 Å². The molecule has 2 aromatic rings. The number of hydrogen-bond acceptors (Lipinski definition) is 7. The number of carbonyl (C=O) groups excluding carboxylic acids is 1. The summed E-state index contributed by atoms with van der Waals surface area (Å²) < 4.78 is 16.3. The molecule has 1 fully saturated rings. The molecule has 1 saturated heterocycles. The highest BCUT2D eigenvalue weighted by atomic mass is 32.1. The molecule has 29 heavy (non-hydrogen) atoms. The maximum absolute atomic E-state index is 13.2. The molecule has 0 radical (unpaired) electrons. The molecular formula is C21H25N3O4S. The van der Waals surface area contributed by atoms with E-state index in [0.29, 0.717) is 37.7 Å². The Balaban J connectivity index is 1.63. The number of nitrogens with zero attached hydrogens (tertiary/aromatic N) is 3. The van der Waals surface area contributed by atoms with Crippen LogP contribution in [0.5, 0.6) is 11.5 Å². The minimum atomic E-state index is -0.207. The van der Waals surface area contributed by atoms with E-state index in [1.54, 1.807) is 30.6 Å². The third-order valence-electron chi connectivity index (χ3n) is 5.23. The lowest BCUT2D eigenvalue weighted by molar-refractivity contribution is -0.135. The molecular weight excluding hydrogens is 390 g/mol. The number of hydrazone groups is 1. The van der Waals surface area contributed by atoms with E-state index in [-0.39, 0.29) is 11.9 Å². The zero-order valence-corrected chi connectivity index (χ0v) is 17.5. The fourth-order valence-electron chi connectivity index (χ4n) is 3.69. The molecule has 8 heteroatoms. The lowest BCUT2D eigenvalue weighted by atomic mass is 9.99. The molecule has 2 aliphatic rings. The predicted molar refractivity (Wildman–Crippen MR) is 112 cm³/mol. The number of methoxy groups -OCH3 is 2. The Hall–Kier alpha value is -2.42. The number of hydrogen-bond donors (Lipinski definition) is 0. The number of rotatable bonds is 6. The van der Waals surface area contributed by atoms with E-state index >= 15 is 0 Å². The van der Waals surface area contributed by atoms with Gasteiger partial charge in [-0.3, -0.25) is 9.69 Å². The van der Waals surface area contributed by atoms with Gasteiger partial charge < -0.3 is 14.2 Å². The molecule has 3 heterocycles. The minimum Gasteiger partial charge on any atom is -0.497 e. The molecule has 0 saturated carbocycles. The van der Waals surface area contributed by atoms with Gasteiger partial charge in [0.25, 0.3) is 5.91 Å². The quantitative estimate of drug-likeness (QED) is 0.726. The summed E-state index contributed by atoms with van der Waals surface area (Å²) in [7, 11) is 3.26. The van der Waals surface area contributed by atoms with Crippen LogP contribution in [-0.2, 0) is 9.53 Å². The molecule has 0 N–H and O–H groups in total. The number of amides is 1. The molecule has 0 spiro atoms. The normalized spacial score (nSPS) is 19.9. The Kier molecular flexibility index (Phi) is 6.13. The fraction of sp³-hybridized carbons (Fsp3) is 0.429. The smallest absolute Gasteiger partial charge is 0.257 e. The van der Waals surface area contributed by atoms with Gasteiger partial charge in [0.05, 0.1) is 50.6 Å². The molecule has 7 nitrogen and oxygen atoms in total. The van der Waals surface area contributed by atoms with Crippen LogP contribution in [0.15, 0.2) is 40.8 Å². The lowest BCUT2D eigenvalue weighted by Gasteiger charge is -2.29. The van der Waals surface area contributed by atoms with Gasteiger partial charge in [0.2, 0.25) is 0 Å². The fourth-order valence-corrected chi connectivity index (χ4v) is 4.41. The number of ether oxygens (including phenoxy) is 3. The Labute approximate surface area is 174 Å². The molecule has 1 aromatic heterocycles. The number of thiophene rings is 1. The average Bonchev–Trinajstić information content (AvgIpc) is 3.44. The van der Waals surface area contributed by atoms with Crippen molar-refractivity contribution in [1.29, 1.82) is 0 Å². The number of morpholine rings is 1. The Morgan fingerprint density at radius 1 is 1.24 bits per heavy atom. The highest BCUT2D eigenvalue weighted by molar-refractivity contribution is 7.12. The first-order valence-electron chi connectivity index (χ1n) is 9.65. The summed E-state index contributed by atoms with van der Waals surface area (Å²) in [5.74, 6) is 1.40. The van der Waals surface area contributed by atoms with Crippen LogP contribution < -0.4 is 9.47 Å². The van der Waals surface area contributed by atoms with E-state index in [1.165, 1.54) is 0 Å². The average molecular weight is 416 g/mol. The second kappa shape index (κ2) is 8.94. The van der Waals surface area contributed by atoms with Gasteiger partial charge in [-0.15, -0.1) is 11.3 Å². The van der Waals surface area contributed by atoms with E-state index in [2.05, 4.69) is 4.90 Å². The summed E-state index contributed by atoms with van der Waals surface area (Å²) >= 11 is 1.64. The van der Waals surface area contributed by atoms with Gasteiger partial charge in [0, 0.05) is 31.1 Å². The number of carbonyl (C=O) groups is 1. The van der Waals surface area contributed by atoms with Gasteiger partial charge >= 0.3 is 0 Å². The van der Waals surface area contributed by atoms with Crippen molar-refractivity contribution in [2.24, 2.45) is 5.10 Å². The highest BCUT2D eigenvalue weighted by Gasteiger charge is 2.35. The first-order chi connectivity index (χ1) is 14.2. The highest BCUT2D eigenvalue weighted by Crippen LogP contribution is 2.39. The van der Waals surface area contributed by atoms with Crippen molar-refractivity contribution < 1.29 is 19.0 Å². The maximum atomic E-state index is 13.2. The van der Waals surface area contributed by atoms with Crippen LogP contribution in [0.3, 0.4) is 0 Å². The van der Waals surface area contributed by atoms with Crippen molar-refractivity contribution in [3.63, 3.8) is 0 Å². The van der Waals surface area contributed by atoms with Crippen LogP contribution >= 0.6 is 11.3 Å². The molecule has 0 unspecified atom stereocenters. The molecule has 4 rings (SSSR count). The summed E-state index contributed by atoms with van der Waals surface area (Å²) in [6, 6.07) is 9.55. The molecule has 2 aliphatic heterocycles. The van der Waals surface area contributed by atoms with Gasteiger partial charge in [-0.2, -0.15) is 5.10 Å². The third-order valence-corrected chi connectivity index (χ3v) is 6.15. The molecule has 1 atom stereocenters. The maximum Gasteiger partial charge on any atom is 0.257 e. The van der Waals surface area contributed by atoms with Gasteiger partial charge in [-0.05, 0) is 23.6 Å². The van der Waals surface area contributed by atoms with Crippen LogP contribution in [0.2, 0.25) is 0 Å². The second-order valence-corrected chi connectivity index (χ2v) is 7.93. The topological polar surface area (TPSA) is 63.6 Å². The van der Waals surface area contributed by atoms with Gasteiger partial charge in [0.15, 0.2) is 0 Å². The third kappa shape index (κ3) is 4.29. The van der Waals surface area contributed by atoms with E-state index in [0.717, 1.165) is 29.2 Å². The molecule has 0 aliphatic carbocycles. The van der Waals surface area contributed by atoms with Gasteiger partial charge in [-0.25, -0.2) is 5.01 Å². The van der Waals surface area contributed by atoms with Crippen molar-refractivity contribution in [3.8, 4) is 11.5 Å². The standard InChI is InChI=1S/C21H25N3O4S/c1-26-15-5-6-16(19(12-15)27-2)18-13-17(20-4-3-11-29-20)22-24(18)21(25)14-23-7-9-28-10-8-23/h3-6,11-12,18H,7-10,13-14H2,1-2H3/t18-/m1/s1. The van der Waals surface area contributed by atoms with Crippen molar-refractivity contribution in [1.82, 2.24) is 9.91 Å². The summed E-state index contributed by atoms with van der Waals surface area (Å²) in [5.41, 5.74) is 1.86. The molecule has 1 amide bonds. The summed E-state index contributed by atoms with van der Waals surface area (Å²) in [4.78, 5) is 16.4. The van der Waals surface area contributed by atoms with Crippen molar-refractivity contribution in [2.45, 2.75) is 12.5 Å². The molecule has 154 valence electrons. The Morgan fingerprint density at radius 3 is 2.76 bits per heavy atom. The molecule has 0 bridgehead atoms. The first-order valence-corrected chi connectivity index (χ1v) is 10.5. The largest absolute Gasteiger partial charge is 0.497 e. The zero-order chi connectivity index (χ0) is 20.2. The van der Waals surface area contributed by atoms with Crippen LogP contribution in [-0.4, -0.2) is 68.6 Å². The monoisotopic (exact) mass is 415 g/mol. The second-order valence-electron chi connectivity index (χ2n) is 6.98. The summed E-state index contributed by atoms with van der Waals surface area (Å²) in [5, 5.41) is 8.40. The van der Waals surface area contributed by atoms with Crippen LogP contribution in [0, 0.1) is 0 Å². The lowest BCUT2D eigenvalue weighted by Crippen LogP contribution is -2.43. The van der Waals surface area contributed by atoms with E-state index in [1.807, 2.05) is 35.7 Å². The summed E-state index contributed by atoms with van der Waals surface area (Å²) in [6.45, 7) is 3.17. The van der Waals surface area contributed by atoms with Crippen LogP contribution in [0.1, 0.15) is 22.9 Å².